The van der Waals surface area contributed by atoms with E-state index >= 15 is 0 Å². The largest absolute Gasteiger partial charge is 0.490 e. The van der Waals surface area contributed by atoms with Crippen molar-refractivity contribution < 1.29 is 76.2 Å². The molecule has 3 unspecified atom stereocenters. The molecule has 0 aromatic rings. The van der Waals surface area contributed by atoms with E-state index in [2.05, 4.69) is 48.6 Å². The van der Waals surface area contributed by atoms with Gasteiger partial charge in [0.25, 0.3) is 0 Å². The second kappa shape index (κ2) is 21.3. The molecule has 19 nitrogen and oxygen atoms in total. The Kier molecular flexibility index (Phi) is 17.8. The van der Waals surface area contributed by atoms with Crippen molar-refractivity contribution >= 4 is 54.6 Å². The summed E-state index contributed by atoms with van der Waals surface area (Å²) in [5.41, 5.74) is 5.32. The highest BCUT2D eigenvalue weighted by Crippen LogP contribution is 2.65. The summed E-state index contributed by atoms with van der Waals surface area (Å²) < 4.78 is 44.8. The van der Waals surface area contributed by atoms with Crippen molar-refractivity contribution in [3.63, 3.8) is 0 Å². The van der Waals surface area contributed by atoms with Crippen LogP contribution in [0.15, 0.2) is 12.7 Å². The Morgan fingerprint density at radius 3 is 1.98 bits per heavy atom. The summed E-state index contributed by atoms with van der Waals surface area (Å²) in [4.78, 5) is 101. The van der Waals surface area contributed by atoms with Gasteiger partial charge in [-0.15, -0.1) is 6.58 Å². The molecule has 3 saturated carbocycles. The number of carbonyl (C=O) groups excluding carboxylic acids is 5. The van der Waals surface area contributed by atoms with Crippen molar-refractivity contribution in [2.75, 3.05) is 6.54 Å². The van der Waals surface area contributed by atoms with Crippen LogP contribution in [-0.4, -0.2) is 135 Å². The number of nitrogens with zero attached hydrogens (tertiary/aromatic N) is 1. The Bertz CT molecular complexity index is 1750. The van der Waals surface area contributed by atoms with Gasteiger partial charge in [0.15, 0.2) is 0 Å². The van der Waals surface area contributed by atoms with Crippen molar-refractivity contribution in [1.82, 2.24) is 26.2 Å². The number of hydrogen-bond acceptors (Lipinski definition) is 11. The number of aliphatic carboxylic acids is 3. The van der Waals surface area contributed by atoms with E-state index in [-0.39, 0.29) is 30.4 Å². The molecule has 9 N–H and O–H groups in total. The second-order valence-electron chi connectivity index (χ2n) is 18.1. The lowest BCUT2D eigenvalue weighted by Crippen LogP contribution is -2.65. The molecule has 2 aliphatic heterocycles. The molecule has 5 aliphatic rings. The molecule has 10 atom stereocenters. The third kappa shape index (κ3) is 12.9. The lowest BCUT2D eigenvalue weighted by atomic mass is 9.43. The minimum absolute atomic E-state index is 0.0793. The van der Waals surface area contributed by atoms with Crippen LogP contribution in [-0.2, 0) is 47.7 Å². The molecule has 0 radical (unpaired) electrons. The Morgan fingerprint density at radius 1 is 0.889 bits per heavy atom. The number of carboxylic acid groups (broad SMARTS) is 3. The Labute approximate surface area is 364 Å². The van der Waals surface area contributed by atoms with Crippen LogP contribution >= 0.6 is 0 Å². The molecule has 354 valence electrons. The number of rotatable bonds is 19. The molecule has 2 saturated heterocycles. The highest BCUT2D eigenvalue weighted by molar-refractivity contribution is 6.48. The van der Waals surface area contributed by atoms with Crippen molar-refractivity contribution in [3.8, 4) is 0 Å². The number of nitrogens with two attached hydrogens (primary N) is 1. The predicted octanol–water partition coefficient (Wildman–Crippen LogP) is 1.37. The topological polar surface area (TPSA) is 293 Å². The third-order valence-electron chi connectivity index (χ3n) is 12.6. The van der Waals surface area contributed by atoms with Gasteiger partial charge in [0.05, 0.1) is 30.1 Å². The van der Waals surface area contributed by atoms with Gasteiger partial charge in [-0.2, -0.15) is 13.2 Å². The van der Waals surface area contributed by atoms with E-state index < -0.39 is 121 Å². The Hall–Kier alpha value is -4.77. The Balaban J connectivity index is 0.00000139. The van der Waals surface area contributed by atoms with Crippen LogP contribution in [0.1, 0.15) is 99.8 Å². The van der Waals surface area contributed by atoms with Gasteiger partial charge in [-0.1, -0.05) is 47.6 Å². The average molecular weight is 903 g/mol. The molecule has 2 bridgehead atoms. The first kappa shape index (κ1) is 52.6. The zero-order valence-corrected chi connectivity index (χ0v) is 36.7. The summed E-state index contributed by atoms with van der Waals surface area (Å²) >= 11 is 0. The van der Waals surface area contributed by atoms with E-state index in [1.165, 1.54) is 4.90 Å². The number of hydrogen-bond donors (Lipinski definition) is 8. The minimum atomic E-state index is -5.08. The van der Waals surface area contributed by atoms with E-state index in [9.17, 15) is 51.8 Å². The maximum absolute atomic E-state index is 14.2. The van der Waals surface area contributed by atoms with Crippen LogP contribution in [0.2, 0.25) is 0 Å². The number of alkyl halides is 3. The summed E-state index contributed by atoms with van der Waals surface area (Å²) in [5, 5.41) is 36.0. The van der Waals surface area contributed by atoms with E-state index in [4.69, 9.17) is 30.0 Å². The van der Waals surface area contributed by atoms with Crippen LogP contribution in [0.3, 0.4) is 0 Å². The van der Waals surface area contributed by atoms with Crippen molar-refractivity contribution in [2.24, 2.45) is 34.8 Å². The van der Waals surface area contributed by atoms with Crippen molar-refractivity contribution in [2.45, 2.75) is 154 Å². The SMILES string of the molecule is C=CC[C@H](NC(=O)[C@@H]1CCCN1C(=O)[C@@H](NC(=O)[C@@H](NC(=O)[C@H](CCC(=O)O)NC(=O)[C@@H](N)CC(=O)O)C(C)C)C(C)C)B1OC2CC3CC(C3(C)C)[C@]2(C)O1.O=C(O)C(F)(F)F. The fraction of sp³-hybridized carbons (Fsp3) is 0.750. The molecule has 3 aliphatic carbocycles. The molecule has 23 heteroatoms. The number of carboxylic acids is 3. The quantitative estimate of drug-likeness (QED) is 0.0672. The second-order valence-corrected chi connectivity index (χ2v) is 18.1. The average Bonchev–Trinajstić information content (AvgIpc) is 3.81. The molecule has 0 aromatic heterocycles. The lowest BCUT2D eigenvalue weighted by molar-refractivity contribution is -0.199. The van der Waals surface area contributed by atoms with E-state index in [1.54, 1.807) is 33.8 Å². The van der Waals surface area contributed by atoms with Crippen LogP contribution in [0.5, 0.6) is 0 Å². The van der Waals surface area contributed by atoms with Crippen LogP contribution < -0.4 is 27.0 Å². The minimum Gasteiger partial charge on any atom is -0.481 e. The maximum Gasteiger partial charge on any atom is 0.490 e. The van der Waals surface area contributed by atoms with Gasteiger partial charge in [-0.3, -0.25) is 33.6 Å². The summed E-state index contributed by atoms with van der Waals surface area (Å²) in [6.07, 6.45) is -1.73. The zero-order valence-electron chi connectivity index (χ0n) is 36.7. The van der Waals surface area contributed by atoms with E-state index in [0.717, 1.165) is 12.8 Å². The van der Waals surface area contributed by atoms with Crippen LogP contribution in [0.25, 0.3) is 0 Å². The maximum atomic E-state index is 14.2. The fourth-order valence-corrected chi connectivity index (χ4v) is 8.89. The van der Waals surface area contributed by atoms with Gasteiger partial charge in [-0.25, -0.2) is 4.79 Å². The highest BCUT2D eigenvalue weighted by atomic mass is 19.4. The summed E-state index contributed by atoms with van der Waals surface area (Å²) in [6.45, 7) is 17.6. The lowest BCUT2D eigenvalue weighted by Gasteiger charge is -2.64. The number of nitrogens with one attached hydrogen (secondary N) is 4. The molecule has 2 heterocycles. The standard InChI is InChI=1S/C38H61BN6O11.C2HF3O2/c1-9-11-27(39-55-26-17-21-16-25(37(21,6)7)38(26,8)56-39)42-34(52)24-12-10-15-45(24)36(54)31(20(4)5)44-35(53)30(19(2)3)43-33(51)23(13-14-28(46)47)41-32(50)22(40)18-29(48)49;3-2(4,5)1(6)7/h9,19-27,30-31H,1,10-18,40H2,2-8H3,(H,41,50)(H,42,52)(H,43,51)(H,44,53)(H,46,47)(H,48,49);(H,6,7)/t21?,22-,23-,24-,25?,26?,27-,30-,31-,38-;/m0./s1. The van der Waals surface area contributed by atoms with Crippen LogP contribution in [0.4, 0.5) is 13.2 Å². The molecule has 0 spiro atoms. The van der Waals surface area contributed by atoms with Crippen molar-refractivity contribution in [3.05, 3.63) is 12.7 Å². The van der Waals surface area contributed by atoms with Crippen molar-refractivity contribution in [1.29, 1.82) is 0 Å². The van der Waals surface area contributed by atoms with Gasteiger partial charge in [0.1, 0.15) is 24.2 Å². The molecular weight excluding hydrogens is 840 g/mol. The van der Waals surface area contributed by atoms with Gasteiger partial charge >= 0.3 is 31.2 Å². The first-order valence-corrected chi connectivity index (χ1v) is 21.0. The summed E-state index contributed by atoms with van der Waals surface area (Å²) in [6, 6.07) is -6.07. The first-order chi connectivity index (χ1) is 29.1. The summed E-state index contributed by atoms with van der Waals surface area (Å²) in [5.74, 6) is -9.34. The zero-order chi connectivity index (χ0) is 47.9. The molecule has 63 heavy (non-hydrogen) atoms. The van der Waals surface area contributed by atoms with Gasteiger partial charge in [0.2, 0.25) is 29.5 Å². The van der Waals surface area contributed by atoms with Gasteiger partial charge in [0, 0.05) is 13.0 Å². The predicted molar refractivity (Wildman–Crippen MR) is 218 cm³/mol. The molecular formula is C40H62BF3N6O13. The smallest absolute Gasteiger partial charge is 0.481 e. The number of halogens is 3. The highest BCUT2D eigenvalue weighted by Gasteiger charge is 2.68. The van der Waals surface area contributed by atoms with E-state index in [0.29, 0.717) is 31.1 Å². The van der Waals surface area contributed by atoms with Crippen LogP contribution in [0, 0.1) is 29.1 Å². The Morgan fingerprint density at radius 2 is 1.48 bits per heavy atom. The van der Waals surface area contributed by atoms with E-state index in [1.807, 2.05) is 0 Å². The normalized spacial score (nSPS) is 25.7. The fourth-order valence-electron chi connectivity index (χ4n) is 8.89. The molecule has 5 amide bonds. The molecule has 5 rings (SSSR count). The summed E-state index contributed by atoms with van der Waals surface area (Å²) in [7, 11) is -0.683. The first-order valence-electron chi connectivity index (χ1n) is 21.0. The van der Waals surface area contributed by atoms with Gasteiger partial charge < -0.3 is 56.5 Å². The number of amides is 5. The van der Waals surface area contributed by atoms with Gasteiger partial charge in [-0.05, 0) is 74.5 Å². The number of carbonyl (C=O) groups is 8. The monoisotopic (exact) mass is 902 g/mol. The molecule has 5 fully saturated rings. The molecule has 0 aromatic carbocycles. The number of likely N-dealkylation sites (tertiary alicyclic amines) is 1. The third-order valence-corrected chi connectivity index (χ3v) is 12.6.